The molecule has 1 rings (SSSR count). The second-order valence-corrected chi connectivity index (χ2v) is 4.61. The molecule has 0 aliphatic rings. The molecule has 0 aromatic heterocycles. The molecular weight excluding hydrogens is 237 g/mol. The number of benzene rings is 1. The Morgan fingerprint density at radius 2 is 1.88 bits per heavy atom. The molecule has 0 radical (unpaired) electrons. The molecule has 0 aliphatic carbocycles. The summed E-state index contributed by atoms with van der Waals surface area (Å²) in [6, 6.07) is 4.21. The van der Waals surface area contributed by atoms with Crippen LogP contribution in [0.25, 0.3) is 0 Å². The third kappa shape index (κ3) is 3.59. The number of halogens is 1. The second-order valence-electron chi connectivity index (χ2n) is 3.24. The number of hydrogen-bond donors (Lipinski definition) is 2. The van der Waals surface area contributed by atoms with Gasteiger partial charge in [0, 0.05) is 0 Å². The van der Waals surface area contributed by atoms with Crippen LogP contribution in [0.2, 0.25) is 0 Å². The molecule has 0 saturated heterocycles. The van der Waals surface area contributed by atoms with Gasteiger partial charge in [0.05, 0.1) is 0 Å². The van der Waals surface area contributed by atoms with E-state index in [1.165, 1.54) is 24.3 Å². The van der Waals surface area contributed by atoms with Gasteiger partial charge in [0.2, 0.25) is 0 Å². The summed E-state index contributed by atoms with van der Waals surface area (Å²) in [5.74, 6) is -1.92. The molecule has 0 amide bonds. The standard InChI is InChI=1S/C9H10FNO4S/c10-16(14,15)5-6-1-3-7(4-2-6)8(11)9(12)13/h1-4,8H,5,11H2,(H,12,13). The van der Waals surface area contributed by atoms with Crippen molar-refractivity contribution in [1.82, 2.24) is 0 Å². The molecule has 88 valence electrons. The van der Waals surface area contributed by atoms with Crippen molar-refractivity contribution in [3.8, 4) is 0 Å². The predicted octanol–water partition coefficient (Wildman–Crippen LogP) is 0.570. The van der Waals surface area contributed by atoms with Gasteiger partial charge in [-0.05, 0) is 11.1 Å². The van der Waals surface area contributed by atoms with Crippen molar-refractivity contribution in [2.45, 2.75) is 11.8 Å². The van der Waals surface area contributed by atoms with Gasteiger partial charge in [0.15, 0.2) is 0 Å². The first-order chi connectivity index (χ1) is 7.29. The molecule has 16 heavy (non-hydrogen) atoms. The van der Waals surface area contributed by atoms with E-state index in [0.29, 0.717) is 5.56 Å². The van der Waals surface area contributed by atoms with Crippen molar-refractivity contribution in [3.05, 3.63) is 35.4 Å². The topological polar surface area (TPSA) is 97.5 Å². The minimum atomic E-state index is -4.57. The molecule has 0 bridgehead atoms. The van der Waals surface area contributed by atoms with E-state index in [-0.39, 0.29) is 5.56 Å². The van der Waals surface area contributed by atoms with E-state index in [1.54, 1.807) is 0 Å². The number of rotatable bonds is 4. The Morgan fingerprint density at radius 3 is 2.25 bits per heavy atom. The number of aliphatic carboxylic acids is 1. The molecule has 3 N–H and O–H groups in total. The Hall–Kier alpha value is -1.47. The summed E-state index contributed by atoms with van der Waals surface area (Å²) in [6.07, 6.45) is 0. The first-order valence-corrected chi connectivity index (χ1v) is 5.84. The summed E-state index contributed by atoms with van der Waals surface area (Å²) < 4.78 is 33.0. The normalized spacial score (nSPS) is 13.4. The first-order valence-electron chi connectivity index (χ1n) is 4.29. The van der Waals surface area contributed by atoms with Crippen LogP contribution in [0.3, 0.4) is 0 Å². The van der Waals surface area contributed by atoms with Gasteiger partial charge >= 0.3 is 16.2 Å². The Kier molecular flexibility index (Phi) is 3.61. The maximum absolute atomic E-state index is 12.3. The van der Waals surface area contributed by atoms with E-state index in [0.717, 1.165) is 0 Å². The van der Waals surface area contributed by atoms with Crippen molar-refractivity contribution < 1.29 is 22.2 Å². The van der Waals surface area contributed by atoms with Crippen LogP contribution in [0.4, 0.5) is 3.89 Å². The summed E-state index contributed by atoms with van der Waals surface area (Å²) in [5.41, 5.74) is 5.89. The summed E-state index contributed by atoms with van der Waals surface area (Å²) in [4.78, 5) is 10.5. The van der Waals surface area contributed by atoms with Gasteiger partial charge in [0.1, 0.15) is 11.8 Å². The van der Waals surface area contributed by atoms with Gasteiger partial charge in [-0.15, -0.1) is 3.89 Å². The fourth-order valence-electron chi connectivity index (χ4n) is 1.16. The van der Waals surface area contributed by atoms with Gasteiger partial charge in [-0.25, -0.2) is 0 Å². The Bertz CT molecular complexity index is 483. The molecule has 1 unspecified atom stereocenters. The van der Waals surface area contributed by atoms with Gasteiger partial charge in [-0.3, -0.25) is 4.79 Å². The highest BCUT2D eigenvalue weighted by Crippen LogP contribution is 2.14. The van der Waals surface area contributed by atoms with Crippen LogP contribution in [0.1, 0.15) is 17.2 Å². The molecule has 0 saturated carbocycles. The smallest absolute Gasteiger partial charge is 0.325 e. The molecular formula is C9H10FNO4S. The zero-order valence-corrected chi connectivity index (χ0v) is 8.95. The number of carbonyl (C=O) groups is 1. The highest BCUT2D eigenvalue weighted by molar-refractivity contribution is 7.85. The van der Waals surface area contributed by atoms with Gasteiger partial charge in [-0.2, -0.15) is 8.42 Å². The van der Waals surface area contributed by atoms with Crippen LogP contribution in [0.5, 0.6) is 0 Å². The summed E-state index contributed by atoms with van der Waals surface area (Å²) in [7, 11) is -4.57. The lowest BCUT2D eigenvalue weighted by Crippen LogP contribution is -2.20. The van der Waals surface area contributed by atoms with Crippen molar-refractivity contribution in [2.24, 2.45) is 5.73 Å². The quantitative estimate of drug-likeness (QED) is 0.758. The molecule has 0 heterocycles. The van der Waals surface area contributed by atoms with Crippen LogP contribution in [0, 0.1) is 0 Å². The van der Waals surface area contributed by atoms with E-state index in [1.807, 2.05) is 0 Å². The van der Waals surface area contributed by atoms with Gasteiger partial charge in [-0.1, -0.05) is 24.3 Å². The minimum Gasteiger partial charge on any atom is -0.480 e. The Morgan fingerprint density at radius 1 is 1.38 bits per heavy atom. The number of carboxylic acids is 1. The molecule has 1 atom stereocenters. The highest BCUT2D eigenvalue weighted by Gasteiger charge is 2.14. The molecule has 0 fully saturated rings. The van der Waals surface area contributed by atoms with Gasteiger partial charge in [0.25, 0.3) is 0 Å². The maximum Gasteiger partial charge on any atom is 0.325 e. The predicted molar refractivity (Wildman–Crippen MR) is 54.7 cm³/mol. The lowest BCUT2D eigenvalue weighted by atomic mass is 10.1. The highest BCUT2D eigenvalue weighted by atomic mass is 32.3. The summed E-state index contributed by atoms with van der Waals surface area (Å²) >= 11 is 0. The summed E-state index contributed by atoms with van der Waals surface area (Å²) in [5, 5.41) is 8.61. The third-order valence-corrected chi connectivity index (χ3v) is 2.62. The minimum absolute atomic E-state index is 0.240. The first kappa shape index (κ1) is 12.6. The maximum atomic E-state index is 12.3. The molecule has 1 aromatic carbocycles. The van der Waals surface area contributed by atoms with Crippen molar-refractivity contribution in [3.63, 3.8) is 0 Å². The largest absolute Gasteiger partial charge is 0.480 e. The van der Waals surface area contributed by atoms with E-state index in [4.69, 9.17) is 10.8 Å². The Labute approximate surface area is 91.9 Å². The van der Waals surface area contributed by atoms with Crippen LogP contribution in [-0.2, 0) is 20.8 Å². The van der Waals surface area contributed by atoms with Crippen molar-refractivity contribution in [1.29, 1.82) is 0 Å². The lowest BCUT2D eigenvalue weighted by Gasteiger charge is -2.06. The average Bonchev–Trinajstić information content (AvgIpc) is 2.15. The third-order valence-electron chi connectivity index (χ3n) is 1.94. The SMILES string of the molecule is NC(C(=O)O)c1ccc(CS(=O)(=O)F)cc1. The average molecular weight is 247 g/mol. The summed E-state index contributed by atoms with van der Waals surface area (Å²) in [6.45, 7) is 0. The van der Waals surface area contributed by atoms with E-state index >= 15 is 0 Å². The zero-order chi connectivity index (χ0) is 12.3. The van der Waals surface area contributed by atoms with E-state index in [9.17, 15) is 17.1 Å². The van der Waals surface area contributed by atoms with Crippen molar-refractivity contribution >= 4 is 16.2 Å². The number of hydrogen-bond acceptors (Lipinski definition) is 4. The van der Waals surface area contributed by atoms with Crippen molar-refractivity contribution in [2.75, 3.05) is 0 Å². The van der Waals surface area contributed by atoms with Crippen LogP contribution in [-0.4, -0.2) is 19.5 Å². The second kappa shape index (κ2) is 4.58. The zero-order valence-electron chi connectivity index (χ0n) is 8.13. The van der Waals surface area contributed by atoms with E-state index < -0.39 is 28.0 Å². The van der Waals surface area contributed by atoms with Gasteiger partial charge < -0.3 is 10.8 Å². The lowest BCUT2D eigenvalue weighted by molar-refractivity contribution is -0.138. The van der Waals surface area contributed by atoms with Crippen LogP contribution in [0.15, 0.2) is 24.3 Å². The molecule has 7 heteroatoms. The fourth-order valence-corrected chi connectivity index (χ4v) is 1.75. The number of carboxylic acid groups (broad SMARTS) is 1. The van der Waals surface area contributed by atoms with E-state index in [2.05, 4.69) is 0 Å². The van der Waals surface area contributed by atoms with Crippen LogP contribution >= 0.6 is 0 Å². The molecule has 0 spiro atoms. The number of nitrogens with two attached hydrogens (primary N) is 1. The monoisotopic (exact) mass is 247 g/mol. The fraction of sp³-hybridized carbons (Fsp3) is 0.222. The Balaban J connectivity index is 2.87. The molecule has 0 aliphatic heterocycles. The molecule has 1 aromatic rings. The van der Waals surface area contributed by atoms with Crippen LogP contribution < -0.4 is 5.73 Å². The molecule has 5 nitrogen and oxygen atoms in total.